The second-order valence-electron chi connectivity index (χ2n) is 7.04. The molecule has 1 aromatic carbocycles. The lowest BCUT2D eigenvalue weighted by Crippen LogP contribution is -2.44. The number of alkyl halides is 1. The first-order valence-corrected chi connectivity index (χ1v) is 12.3. The maximum atomic E-state index is 14.9. The highest BCUT2D eigenvalue weighted by Crippen LogP contribution is 2.33. The minimum absolute atomic E-state index is 0.0315. The van der Waals surface area contributed by atoms with Crippen molar-refractivity contribution in [2.24, 2.45) is 0 Å². The van der Waals surface area contributed by atoms with Crippen molar-refractivity contribution >= 4 is 25.8 Å². The minimum atomic E-state index is -3.78. The van der Waals surface area contributed by atoms with E-state index in [-0.39, 0.29) is 37.2 Å². The van der Waals surface area contributed by atoms with Crippen molar-refractivity contribution in [2.45, 2.75) is 35.1 Å². The van der Waals surface area contributed by atoms with Crippen LogP contribution < -0.4 is 0 Å². The highest BCUT2D eigenvalue weighted by Gasteiger charge is 2.38. The number of rotatable bonds is 7. The number of hydrogen-bond acceptors (Lipinski definition) is 5. The predicted octanol–water partition coefficient (Wildman–Crippen LogP) is 2.60. The zero-order valence-corrected chi connectivity index (χ0v) is 17.2. The van der Waals surface area contributed by atoms with Crippen molar-refractivity contribution in [1.29, 1.82) is 0 Å². The van der Waals surface area contributed by atoms with Gasteiger partial charge in [0.25, 0.3) is 0 Å². The van der Waals surface area contributed by atoms with E-state index in [0.717, 1.165) is 11.2 Å². The Hall–Kier alpha value is -1.94. The zero-order valence-electron chi connectivity index (χ0n) is 15.5. The van der Waals surface area contributed by atoms with E-state index in [1.807, 2.05) is 0 Å². The van der Waals surface area contributed by atoms with Gasteiger partial charge in [0.2, 0.25) is 0 Å². The molecule has 28 heavy (non-hydrogen) atoms. The third-order valence-corrected chi connectivity index (χ3v) is 8.14. The molecule has 0 spiro atoms. The van der Waals surface area contributed by atoms with Gasteiger partial charge in [-0.15, -0.1) is 6.58 Å². The fourth-order valence-electron chi connectivity index (χ4n) is 3.20. The molecule has 0 saturated carbocycles. The molecule has 1 heterocycles. The summed E-state index contributed by atoms with van der Waals surface area (Å²) >= 11 is 0. The Bertz CT molecular complexity index is 933. The number of likely N-dealkylation sites (tertiary alicyclic amines) is 1. The third-order valence-electron chi connectivity index (χ3n) is 5.00. The van der Waals surface area contributed by atoms with Crippen LogP contribution in [0.2, 0.25) is 0 Å². The van der Waals surface area contributed by atoms with Crippen LogP contribution in [0.3, 0.4) is 0 Å². The molecule has 2 rings (SSSR count). The molecule has 0 aromatic heterocycles. The van der Waals surface area contributed by atoms with E-state index in [2.05, 4.69) is 6.58 Å². The molecule has 1 fully saturated rings. The zero-order chi connectivity index (χ0) is 21.2. The minimum Gasteiger partial charge on any atom is -0.465 e. The van der Waals surface area contributed by atoms with Crippen molar-refractivity contribution in [3.63, 3.8) is 0 Å². The summed E-state index contributed by atoms with van der Waals surface area (Å²) in [6.45, 7) is 3.62. The average Bonchev–Trinajstić information content (AvgIpc) is 2.61. The summed E-state index contributed by atoms with van der Waals surface area (Å²) in [6.07, 6.45) is 0.865. The summed E-state index contributed by atoms with van der Waals surface area (Å²) in [6, 6.07) is 5.48. The standard InChI is InChI=1S/C18H24FNO6S2/c1-3-16(14-4-6-15(7-5-14)27(2,23)24)28(25,26)13-10-18(19)8-11-20(12-9-18)17(21)22/h3-7,16H,1,8-13H2,2H3,(H,21,22). The highest BCUT2D eigenvalue weighted by molar-refractivity contribution is 7.91. The van der Waals surface area contributed by atoms with Gasteiger partial charge in [-0.3, -0.25) is 0 Å². The van der Waals surface area contributed by atoms with Gasteiger partial charge in [0, 0.05) is 19.3 Å². The molecule has 0 bridgehead atoms. The number of sulfone groups is 2. The lowest BCUT2D eigenvalue weighted by Gasteiger charge is -2.35. The molecule has 1 atom stereocenters. The number of halogens is 1. The molecular formula is C18H24FNO6S2. The second-order valence-corrected chi connectivity index (χ2v) is 11.3. The molecule has 1 saturated heterocycles. The van der Waals surface area contributed by atoms with Gasteiger partial charge in [-0.25, -0.2) is 26.0 Å². The number of carboxylic acid groups (broad SMARTS) is 1. The predicted molar refractivity (Wildman–Crippen MR) is 104 cm³/mol. The largest absolute Gasteiger partial charge is 0.465 e. The van der Waals surface area contributed by atoms with E-state index in [1.165, 1.54) is 30.3 Å². The molecule has 1 aliphatic rings. The van der Waals surface area contributed by atoms with Crippen LogP contribution in [0.15, 0.2) is 41.8 Å². The fraction of sp³-hybridized carbons (Fsp3) is 0.500. The number of piperidine rings is 1. The van der Waals surface area contributed by atoms with Crippen molar-refractivity contribution < 1.29 is 31.1 Å². The molecule has 0 aliphatic carbocycles. The van der Waals surface area contributed by atoms with E-state index < -0.39 is 42.4 Å². The average molecular weight is 434 g/mol. The monoisotopic (exact) mass is 433 g/mol. The number of benzene rings is 1. The van der Waals surface area contributed by atoms with Gasteiger partial charge in [0.05, 0.1) is 10.6 Å². The van der Waals surface area contributed by atoms with Crippen LogP contribution in [0.4, 0.5) is 9.18 Å². The lowest BCUT2D eigenvalue weighted by atomic mass is 9.91. The number of amides is 1. The van der Waals surface area contributed by atoms with Crippen molar-refractivity contribution in [3.05, 3.63) is 42.5 Å². The summed E-state index contributed by atoms with van der Waals surface area (Å²) in [4.78, 5) is 12.1. The molecule has 7 nitrogen and oxygen atoms in total. The molecular weight excluding hydrogens is 409 g/mol. The van der Waals surface area contributed by atoms with E-state index >= 15 is 0 Å². The molecule has 0 radical (unpaired) electrons. The Morgan fingerprint density at radius 1 is 1.25 bits per heavy atom. The van der Waals surface area contributed by atoms with Gasteiger partial charge < -0.3 is 10.0 Å². The molecule has 156 valence electrons. The first kappa shape index (κ1) is 22.4. The van der Waals surface area contributed by atoms with Crippen LogP contribution in [0.1, 0.15) is 30.1 Å². The molecule has 10 heteroatoms. The fourth-order valence-corrected chi connectivity index (χ4v) is 5.60. The molecule has 1 unspecified atom stereocenters. The summed E-state index contributed by atoms with van der Waals surface area (Å²) < 4.78 is 63.5. The summed E-state index contributed by atoms with van der Waals surface area (Å²) in [7, 11) is -7.18. The van der Waals surface area contributed by atoms with E-state index in [1.54, 1.807) is 0 Å². The van der Waals surface area contributed by atoms with Gasteiger partial charge in [-0.1, -0.05) is 18.2 Å². The van der Waals surface area contributed by atoms with Crippen LogP contribution >= 0.6 is 0 Å². The van der Waals surface area contributed by atoms with E-state index in [4.69, 9.17) is 5.11 Å². The summed E-state index contributed by atoms with van der Waals surface area (Å²) in [5, 5.41) is 7.85. The first-order chi connectivity index (χ1) is 12.9. The SMILES string of the molecule is C=CC(c1ccc(S(C)(=O)=O)cc1)S(=O)(=O)CCC1(F)CCN(C(=O)O)CC1. The molecule has 1 amide bonds. The maximum Gasteiger partial charge on any atom is 0.407 e. The van der Waals surface area contributed by atoms with E-state index in [9.17, 15) is 26.0 Å². The van der Waals surface area contributed by atoms with Gasteiger partial charge >= 0.3 is 6.09 Å². The van der Waals surface area contributed by atoms with Crippen molar-refractivity contribution in [3.8, 4) is 0 Å². The van der Waals surface area contributed by atoms with Gasteiger partial charge in [-0.2, -0.15) is 0 Å². The maximum absolute atomic E-state index is 14.9. The Morgan fingerprint density at radius 3 is 2.21 bits per heavy atom. The Kier molecular flexibility index (Phi) is 6.55. The second kappa shape index (κ2) is 8.20. The van der Waals surface area contributed by atoms with E-state index in [0.29, 0.717) is 5.56 Å². The van der Waals surface area contributed by atoms with Crippen LogP contribution in [-0.4, -0.2) is 63.7 Å². The molecule has 1 N–H and O–H groups in total. The highest BCUT2D eigenvalue weighted by atomic mass is 32.2. The van der Waals surface area contributed by atoms with Crippen molar-refractivity contribution in [1.82, 2.24) is 4.90 Å². The quantitative estimate of drug-likeness (QED) is 0.662. The number of carbonyl (C=O) groups is 1. The molecule has 1 aromatic rings. The first-order valence-electron chi connectivity index (χ1n) is 8.69. The number of nitrogens with zero attached hydrogens (tertiary/aromatic N) is 1. The Balaban J connectivity index is 2.10. The Morgan fingerprint density at radius 2 is 1.79 bits per heavy atom. The van der Waals surface area contributed by atoms with Crippen LogP contribution in [0.25, 0.3) is 0 Å². The summed E-state index contributed by atoms with van der Waals surface area (Å²) in [5.74, 6) is -0.416. The topological polar surface area (TPSA) is 109 Å². The smallest absolute Gasteiger partial charge is 0.407 e. The van der Waals surface area contributed by atoms with Gasteiger partial charge in [0.1, 0.15) is 10.9 Å². The van der Waals surface area contributed by atoms with Gasteiger partial charge in [0.15, 0.2) is 19.7 Å². The summed E-state index contributed by atoms with van der Waals surface area (Å²) in [5.41, 5.74) is -1.37. The van der Waals surface area contributed by atoms with Gasteiger partial charge in [-0.05, 0) is 37.0 Å². The number of hydrogen-bond donors (Lipinski definition) is 1. The third kappa shape index (κ3) is 5.32. The Labute approximate surface area is 164 Å². The molecule has 1 aliphatic heterocycles. The normalized spacial score (nSPS) is 18.4. The van der Waals surface area contributed by atoms with Crippen molar-refractivity contribution in [2.75, 3.05) is 25.1 Å². The van der Waals surface area contributed by atoms with Crippen LogP contribution in [-0.2, 0) is 19.7 Å². The van der Waals surface area contributed by atoms with Crippen LogP contribution in [0.5, 0.6) is 0 Å². The lowest BCUT2D eigenvalue weighted by molar-refractivity contribution is 0.0549. The van der Waals surface area contributed by atoms with Crippen LogP contribution in [0, 0.1) is 0 Å².